The molecule has 80 valence electrons. The normalized spacial score (nSPS) is 11.5. The van der Waals surface area contributed by atoms with Crippen molar-refractivity contribution in [3.05, 3.63) is 18.2 Å². The number of rotatable bonds is 2. The molecule has 1 rings (SSSR count). The van der Waals surface area contributed by atoms with E-state index in [1.54, 1.807) is 31.4 Å². The molecule has 4 nitrogen and oxygen atoms in total. The van der Waals surface area contributed by atoms with E-state index < -0.39 is 0 Å². The quantitative estimate of drug-likeness (QED) is 0.680. The van der Waals surface area contributed by atoms with E-state index in [0.717, 1.165) is 5.69 Å². The van der Waals surface area contributed by atoms with Crippen molar-refractivity contribution in [3.63, 3.8) is 0 Å². The number of hydrogen-bond donors (Lipinski definition) is 0. The first-order valence-corrected chi connectivity index (χ1v) is 4.72. The highest BCUT2D eigenvalue weighted by molar-refractivity contribution is 5.73. The Morgan fingerprint density at radius 2 is 2.33 bits per heavy atom. The molecule has 1 unspecified atom stereocenters. The lowest BCUT2D eigenvalue weighted by molar-refractivity contribution is -0.129. The van der Waals surface area contributed by atoms with Gasteiger partial charge in [-0.1, -0.05) is 5.92 Å². The van der Waals surface area contributed by atoms with Crippen LogP contribution in [0.1, 0.15) is 25.7 Å². The van der Waals surface area contributed by atoms with Gasteiger partial charge in [0, 0.05) is 25.9 Å². The minimum absolute atomic E-state index is 0.0177. The molecule has 4 heteroatoms. The Bertz CT molecular complexity index is 411. The van der Waals surface area contributed by atoms with Gasteiger partial charge >= 0.3 is 0 Å². The first-order valence-electron chi connectivity index (χ1n) is 4.72. The topological polar surface area (TPSA) is 38.1 Å². The van der Waals surface area contributed by atoms with Crippen molar-refractivity contribution < 1.29 is 4.79 Å². The zero-order valence-corrected chi connectivity index (χ0v) is 9.48. The zero-order chi connectivity index (χ0) is 11.4. The molecule has 1 atom stereocenters. The van der Waals surface area contributed by atoms with Crippen molar-refractivity contribution in [1.82, 2.24) is 14.5 Å². The highest BCUT2D eigenvalue weighted by Crippen LogP contribution is 2.12. The van der Waals surface area contributed by atoms with Gasteiger partial charge in [-0.2, -0.15) is 0 Å². The van der Waals surface area contributed by atoms with E-state index >= 15 is 0 Å². The molecule has 0 N–H and O–H groups in total. The summed E-state index contributed by atoms with van der Waals surface area (Å²) >= 11 is 0. The molecule has 1 heterocycles. The number of aromatic nitrogens is 2. The third kappa shape index (κ3) is 2.38. The second-order valence-corrected chi connectivity index (χ2v) is 3.34. The number of amides is 1. The summed E-state index contributed by atoms with van der Waals surface area (Å²) in [5.41, 5.74) is 0.982. The summed E-state index contributed by atoms with van der Waals surface area (Å²) in [5.74, 6) is 5.79. The monoisotopic (exact) mass is 205 g/mol. The Labute approximate surface area is 89.9 Å². The minimum atomic E-state index is -0.269. The van der Waals surface area contributed by atoms with Crippen LogP contribution in [0.15, 0.2) is 12.5 Å². The van der Waals surface area contributed by atoms with Gasteiger partial charge in [0.1, 0.15) is 0 Å². The fraction of sp³-hybridized carbons (Fsp3) is 0.455. The van der Waals surface area contributed by atoms with Gasteiger partial charge in [-0.05, 0) is 13.8 Å². The molecule has 1 aromatic rings. The van der Waals surface area contributed by atoms with Crippen LogP contribution in [0.5, 0.6) is 0 Å². The van der Waals surface area contributed by atoms with Gasteiger partial charge in [-0.25, -0.2) is 4.98 Å². The van der Waals surface area contributed by atoms with Crippen LogP contribution in [0.25, 0.3) is 0 Å². The highest BCUT2D eigenvalue weighted by atomic mass is 16.2. The van der Waals surface area contributed by atoms with Gasteiger partial charge in [0.15, 0.2) is 6.17 Å². The molecular formula is C11H15N3O. The van der Waals surface area contributed by atoms with E-state index in [0.29, 0.717) is 0 Å². The van der Waals surface area contributed by atoms with Crippen molar-refractivity contribution >= 4 is 5.91 Å². The maximum Gasteiger partial charge on any atom is 0.221 e. The molecule has 0 aromatic carbocycles. The summed E-state index contributed by atoms with van der Waals surface area (Å²) in [6.07, 6.45) is 3.16. The molecule has 15 heavy (non-hydrogen) atoms. The first-order chi connectivity index (χ1) is 7.07. The molecule has 0 aliphatic heterocycles. The van der Waals surface area contributed by atoms with Crippen molar-refractivity contribution in [2.75, 3.05) is 7.05 Å². The standard InChI is InChI=1S/C11H15N3O/c1-5-6-11(13(4)10(3)15)14-8-12-7-9(14)2/h7-8,11H,1-4H3. The van der Waals surface area contributed by atoms with Crippen LogP contribution in [0, 0.1) is 18.8 Å². The molecule has 0 fully saturated rings. The predicted octanol–water partition coefficient (Wildman–Crippen LogP) is 1.19. The molecule has 1 amide bonds. The zero-order valence-electron chi connectivity index (χ0n) is 9.48. The number of hydrogen-bond acceptors (Lipinski definition) is 2. The summed E-state index contributed by atoms with van der Waals surface area (Å²) in [6.45, 7) is 5.22. The van der Waals surface area contributed by atoms with Crippen molar-refractivity contribution in [3.8, 4) is 11.8 Å². The fourth-order valence-electron chi connectivity index (χ4n) is 1.28. The van der Waals surface area contributed by atoms with Gasteiger partial charge in [-0.3, -0.25) is 4.79 Å². The molecule has 0 saturated carbocycles. The van der Waals surface area contributed by atoms with Crippen molar-refractivity contribution in [2.45, 2.75) is 26.9 Å². The van der Waals surface area contributed by atoms with E-state index in [-0.39, 0.29) is 12.1 Å². The molecule has 0 spiro atoms. The van der Waals surface area contributed by atoms with Crippen LogP contribution in [-0.4, -0.2) is 27.4 Å². The van der Waals surface area contributed by atoms with Gasteiger partial charge in [0.25, 0.3) is 0 Å². The third-order valence-electron chi connectivity index (χ3n) is 2.26. The second-order valence-electron chi connectivity index (χ2n) is 3.34. The van der Waals surface area contributed by atoms with Gasteiger partial charge in [-0.15, -0.1) is 5.92 Å². The summed E-state index contributed by atoms with van der Waals surface area (Å²) in [7, 11) is 1.73. The number of carbonyl (C=O) groups excluding carboxylic acids is 1. The largest absolute Gasteiger partial charge is 0.315 e. The van der Waals surface area contributed by atoms with Crippen molar-refractivity contribution in [2.24, 2.45) is 0 Å². The van der Waals surface area contributed by atoms with E-state index in [2.05, 4.69) is 16.8 Å². The summed E-state index contributed by atoms with van der Waals surface area (Å²) in [5, 5.41) is 0. The smallest absolute Gasteiger partial charge is 0.221 e. The SMILES string of the molecule is CC#CC(N(C)C(C)=O)n1cncc1C. The lowest BCUT2D eigenvalue weighted by Crippen LogP contribution is -2.32. The highest BCUT2D eigenvalue weighted by Gasteiger charge is 2.17. The molecule has 0 radical (unpaired) electrons. The van der Waals surface area contributed by atoms with Crippen LogP contribution in [-0.2, 0) is 4.79 Å². The Kier molecular flexibility index (Phi) is 3.51. The molecule has 0 aliphatic carbocycles. The molecule has 0 bridgehead atoms. The van der Waals surface area contributed by atoms with E-state index in [1.807, 2.05) is 11.5 Å². The maximum atomic E-state index is 11.3. The van der Waals surface area contributed by atoms with Gasteiger partial charge in [0.05, 0.1) is 6.33 Å². The minimum Gasteiger partial charge on any atom is -0.315 e. The second kappa shape index (κ2) is 4.65. The molecule has 1 aromatic heterocycles. The van der Waals surface area contributed by atoms with E-state index in [9.17, 15) is 4.79 Å². The Balaban J connectivity index is 3.07. The Morgan fingerprint density at radius 3 is 2.73 bits per heavy atom. The summed E-state index contributed by atoms with van der Waals surface area (Å²) in [4.78, 5) is 16.9. The van der Waals surface area contributed by atoms with Crippen LogP contribution in [0.2, 0.25) is 0 Å². The fourth-order valence-corrected chi connectivity index (χ4v) is 1.28. The summed E-state index contributed by atoms with van der Waals surface area (Å²) in [6, 6.07) is 0. The summed E-state index contributed by atoms with van der Waals surface area (Å²) < 4.78 is 1.87. The maximum absolute atomic E-state index is 11.3. The molecular weight excluding hydrogens is 190 g/mol. The Morgan fingerprint density at radius 1 is 1.67 bits per heavy atom. The average molecular weight is 205 g/mol. The van der Waals surface area contributed by atoms with Crippen LogP contribution < -0.4 is 0 Å². The third-order valence-corrected chi connectivity index (χ3v) is 2.26. The molecule has 0 saturated heterocycles. The number of imidazole rings is 1. The number of aryl methyl sites for hydroxylation is 1. The number of nitrogens with zero attached hydrogens (tertiary/aromatic N) is 3. The average Bonchev–Trinajstić information content (AvgIpc) is 2.59. The predicted molar refractivity (Wildman–Crippen MR) is 57.9 cm³/mol. The lowest BCUT2D eigenvalue weighted by atomic mass is 10.3. The first kappa shape index (κ1) is 11.3. The Hall–Kier alpha value is -1.76. The van der Waals surface area contributed by atoms with E-state index in [1.165, 1.54) is 6.92 Å². The number of carbonyl (C=O) groups is 1. The van der Waals surface area contributed by atoms with Crippen LogP contribution >= 0.6 is 0 Å². The van der Waals surface area contributed by atoms with Gasteiger partial charge in [0.2, 0.25) is 5.91 Å². The van der Waals surface area contributed by atoms with Gasteiger partial charge < -0.3 is 9.47 Å². The van der Waals surface area contributed by atoms with Crippen molar-refractivity contribution in [1.29, 1.82) is 0 Å². The van der Waals surface area contributed by atoms with E-state index in [4.69, 9.17) is 0 Å². The van der Waals surface area contributed by atoms with Crippen LogP contribution in [0.3, 0.4) is 0 Å². The van der Waals surface area contributed by atoms with Crippen LogP contribution in [0.4, 0.5) is 0 Å². The lowest BCUT2D eigenvalue weighted by Gasteiger charge is -2.24. The molecule has 0 aliphatic rings.